The van der Waals surface area contributed by atoms with E-state index in [1.807, 2.05) is 0 Å². The number of aliphatic hydroxyl groups excluding tert-OH is 4. The van der Waals surface area contributed by atoms with E-state index in [0.29, 0.717) is 26.4 Å². The fourth-order valence-corrected chi connectivity index (χ4v) is 0.451. The van der Waals surface area contributed by atoms with Gasteiger partial charge in [0, 0.05) is 0 Å². The Kier molecular flexibility index (Phi) is 325. The summed E-state index contributed by atoms with van der Waals surface area (Å²) < 4.78 is 9.75. The zero-order valence-electron chi connectivity index (χ0n) is 16.7. The summed E-state index contributed by atoms with van der Waals surface area (Å²) in [7, 11) is 0. The van der Waals surface area contributed by atoms with E-state index in [0.717, 1.165) is 0 Å². The molecule has 0 amide bonds. The third-order valence-corrected chi connectivity index (χ3v) is 0.943. The largest absolute Gasteiger partial charge is 0.394 e. The summed E-state index contributed by atoms with van der Waals surface area (Å²) in [6.45, 7) is 37.5. The zero-order valence-corrected chi connectivity index (χ0v) is 16.7. The van der Waals surface area contributed by atoms with Gasteiger partial charge in [-0.3, -0.25) is 0 Å². The molecule has 0 aromatic heterocycles. The third kappa shape index (κ3) is 260. The summed E-state index contributed by atoms with van der Waals surface area (Å²) in [5, 5.41) is 31.8. The highest BCUT2D eigenvalue weighted by molar-refractivity contribution is 4.30. The average Bonchev–Trinajstić information content (AvgIpc) is 2.79. The Morgan fingerprint density at radius 1 is 0.346 bits per heavy atom. The SMILES string of the molecule is C=C.C=C.C=C.C=C.C=C.C=C.OCCO.OCCOCCOCCO. The van der Waals surface area contributed by atoms with Crippen LogP contribution in [0.2, 0.25) is 0 Å². The van der Waals surface area contributed by atoms with Crippen molar-refractivity contribution < 1.29 is 29.9 Å². The van der Waals surface area contributed by atoms with Crippen molar-refractivity contribution in [2.24, 2.45) is 0 Å². The molecule has 0 aliphatic carbocycles. The summed E-state index contributed by atoms with van der Waals surface area (Å²) in [4.78, 5) is 0. The molecule has 26 heavy (non-hydrogen) atoms. The molecule has 0 aromatic carbocycles. The van der Waals surface area contributed by atoms with Gasteiger partial charge in [-0.25, -0.2) is 0 Å². The number of ether oxygens (including phenoxy) is 2. The predicted octanol–water partition coefficient (Wildman–Crippen LogP) is 2.79. The van der Waals surface area contributed by atoms with Crippen LogP contribution in [0.5, 0.6) is 0 Å². The van der Waals surface area contributed by atoms with E-state index in [2.05, 4.69) is 78.9 Å². The summed E-state index contributed by atoms with van der Waals surface area (Å²) in [6, 6.07) is 0. The minimum absolute atomic E-state index is 0.0417. The molecule has 0 unspecified atom stereocenters. The lowest BCUT2D eigenvalue weighted by molar-refractivity contribution is 0.0222. The van der Waals surface area contributed by atoms with Crippen LogP contribution in [-0.2, 0) is 9.47 Å². The Balaban J connectivity index is -0.0000000285. The van der Waals surface area contributed by atoms with E-state index < -0.39 is 0 Å². The minimum Gasteiger partial charge on any atom is -0.394 e. The molecule has 4 N–H and O–H groups in total. The van der Waals surface area contributed by atoms with Gasteiger partial charge in [0.1, 0.15) is 0 Å². The number of hydrogen-bond acceptors (Lipinski definition) is 6. The highest BCUT2D eigenvalue weighted by Crippen LogP contribution is 1.76. The third-order valence-electron chi connectivity index (χ3n) is 0.943. The maximum Gasteiger partial charge on any atom is 0.0701 e. The average molecular weight is 381 g/mol. The quantitative estimate of drug-likeness (QED) is 0.382. The van der Waals surface area contributed by atoms with Gasteiger partial charge in [0.25, 0.3) is 0 Å². The second kappa shape index (κ2) is 170. The molecule has 0 aliphatic heterocycles. The van der Waals surface area contributed by atoms with Crippen molar-refractivity contribution in [1.82, 2.24) is 0 Å². The summed E-state index contributed by atoms with van der Waals surface area (Å²) in [5.41, 5.74) is 0. The van der Waals surface area contributed by atoms with Crippen LogP contribution in [0.4, 0.5) is 0 Å². The molecule has 0 spiro atoms. The van der Waals surface area contributed by atoms with E-state index in [-0.39, 0.29) is 26.4 Å². The fourth-order valence-electron chi connectivity index (χ4n) is 0.451. The molecule has 0 rings (SSSR count). The lowest BCUT2D eigenvalue weighted by Crippen LogP contribution is -2.09. The first-order valence-electron chi connectivity index (χ1n) is 7.42. The molecule has 0 heterocycles. The van der Waals surface area contributed by atoms with Gasteiger partial charge in [0.2, 0.25) is 0 Å². The molecule has 0 fully saturated rings. The van der Waals surface area contributed by atoms with Crippen molar-refractivity contribution in [2.45, 2.75) is 0 Å². The van der Waals surface area contributed by atoms with Crippen molar-refractivity contribution in [2.75, 3.05) is 52.9 Å². The molecule has 0 radical (unpaired) electrons. The summed E-state index contributed by atoms with van der Waals surface area (Å²) in [5.74, 6) is 0. The van der Waals surface area contributed by atoms with Crippen LogP contribution in [0.1, 0.15) is 0 Å². The number of aliphatic hydroxyl groups is 4. The monoisotopic (exact) mass is 380 g/mol. The fraction of sp³-hybridized carbons (Fsp3) is 0.400. The standard InChI is InChI=1S/C6H14O4.C2H6O2.6C2H4/c7-1-3-9-5-6-10-4-2-8;3-1-2-4;6*1-2/h7-8H,1-6H2;3-4H,1-2H2;6*1-2H2. The van der Waals surface area contributed by atoms with E-state index in [1.54, 1.807) is 0 Å². The van der Waals surface area contributed by atoms with Crippen LogP contribution in [0, 0.1) is 0 Å². The van der Waals surface area contributed by atoms with Crippen LogP contribution in [-0.4, -0.2) is 73.3 Å². The predicted molar refractivity (Wildman–Crippen MR) is 118 cm³/mol. The molecule has 160 valence electrons. The Bertz CT molecular complexity index is 123. The van der Waals surface area contributed by atoms with Gasteiger partial charge in [-0.15, -0.1) is 78.9 Å². The highest BCUT2D eigenvalue weighted by atomic mass is 16.5. The van der Waals surface area contributed by atoms with Crippen molar-refractivity contribution in [3.63, 3.8) is 0 Å². The normalized spacial score (nSPS) is 6.00. The molecular formula is C20H44O6. The molecule has 0 aromatic rings. The Labute approximate surface area is 162 Å². The second-order valence-corrected chi connectivity index (χ2v) is 2.12. The van der Waals surface area contributed by atoms with Gasteiger partial charge in [-0.1, -0.05) is 0 Å². The first kappa shape index (κ1) is 49.6. The highest BCUT2D eigenvalue weighted by Gasteiger charge is 1.86. The van der Waals surface area contributed by atoms with Crippen molar-refractivity contribution in [3.05, 3.63) is 78.9 Å². The maximum absolute atomic E-state index is 8.26. The van der Waals surface area contributed by atoms with E-state index in [1.165, 1.54) is 0 Å². The lowest BCUT2D eigenvalue weighted by atomic mass is 10.7. The number of hydrogen-bond donors (Lipinski definition) is 4. The van der Waals surface area contributed by atoms with E-state index in [9.17, 15) is 0 Å². The Morgan fingerprint density at radius 2 is 0.538 bits per heavy atom. The first-order chi connectivity index (χ1) is 12.8. The summed E-state index contributed by atoms with van der Waals surface area (Å²) in [6.07, 6.45) is 0. The molecule has 0 aliphatic rings. The van der Waals surface area contributed by atoms with Gasteiger partial charge in [-0.2, -0.15) is 0 Å². The van der Waals surface area contributed by atoms with Gasteiger partial charge in [-0.05, 0) is 0 Å². The van der Waals surface area contributed by atoms with Gasteiger partial charge in [0.15, 0.2) is 0 Å². The maximum atomic E-state index is 8.26. The zero-order chi connectivity index (χ0) is 23.1. The lowest BCUT2D eigenvalue weighted by Gasteiger charge is -2.01. The molecular weight excluding hydrogens is 336 g/mol. The van der Waals surface area contributed by atoms with Crippen molar-refractivity contribution in [1.29, 1.82) is 0 Å². The van der Waals surface area contributed by atoms with Crippen LogP contribution in [0.25, 0.3) is 0 Å². The second-order valence-electron chi connectivity index (χ2n) is 2.12. The minimum atomic E-state index is -0.125. The van der Waals surface area contributed by atoms with E-state index >= 15 is 0 Å². The molecule has 0 atom stereocenters. The smallest absolute Gasteiger partial charge is 0.0701 e. The summed E-state index contributed by atoms with van der Waals surface area (Å²) >= 11 is 0. The Hall–Kier alpha value is -1.80. The van der Waals surface area contributed by atoms with Crippen LogP contribution in [0.15, 0.2) is 78.9 Å². The number of rotatable bonds is 8. The molecule has 0 saturated carbocycles. The van der Waals surface area contributed by atoms with Crippen LogP contribution in [0.3, 0.4) is 0 Å². The molecule has 6 heteroatoms. The van der Waals surface area contributed by atoms with Crippen molar-refractivity contribution in [3.8, 4) is 0 Å². The molecule has 0 bridgehead atoms. The van der Waals surface area contributed by atoms with Gasteiger partial charge in [0.05, 0.1) is 52.9 Å². The van der Waals surface area contributed by atoms with E-state index in [4.69, 9.17) is 29.9 Å². The van der Waals surface area contributed by atoms with Gasteiger partial charge < -0.3 is 29.9 Å². The molecule has 6 nitrogen and oxygen atoms in total. The van der Waals surface area contributed by atoms with Gasteiger partial charge >= 0.3 is 0 Å². The topological polar surface area (TPSA) is 99.4 Å². The van der Waals surface area contributed by atoms with Crippen LogP contribution >= 0.6 is 0 Å². The first-order valence-corrected chi connectivity index (χ1v) is 7.42. The molecule has 0 saturated heterocycles. The Morgan fingerprint density at radius 3 is 0.654 bits per heavy atom. The van der Waals surface area contributed by atoms with Crippen LogP contribution < -0.4 is 0 Å². The van der Waals surface area contributed by atoms with Crippen molar-refractivity contribution >= 4 is 0 Å².